The molecule has 2 rings (SSSR count). The van der Waals surface area contributed by atoms with E-state index in [4.69, 9.17) is 4.74 Å². The number of nitrogens with one attached hydrogen (secondary N) is 2. The van der Waals surface area contributed by atoms with Crippen LogP contribution in [0.2, 0.25) is 0 Å². The van der Waals surface area contributed by atoms with Gasteiger partial charge in [-0.15, -0.1) is 0 Å². The first-order valence-corrected chi connectivity index (χ1v) is 10.8. The highest BCUT2D eigenvalue weighted by molar-refractivity contribution is 5.88. The zero-order valence-electron chi connectivity index (χ0n) is 17.8. The van der Waals surface area contributed by atoms with E-state index in [0.29, 0.717) is 38.5 Å². The van der Waals surface area contributed by atoms with Crippen molar-refractivity contribution in [2.45, 2.75) is 78.3 Å². The summed E-state index contributed by atoms with van der Waals surface area (Å²) in [6.45, 7) is 9.44. The summed E-state index contributed by atoms with van der Waals surface area (Å²) in [5.41, 5.74) is 0. The Labute approximate surface area is 168 Å². The van der Waals surface area contributed by atoms with Crippen molar-refractivity contribution in [1.29, 1.82) is 0 Å². The average molecular weight is 396 g/mol. The molecule has 1 aliphatic carbocycles. The summed E-state index contributed by atoms with van der Waals surface area (Å²) in [6, 6.07) is -0.498. The summed E-state index contributed by atoms with van der Waals surface area (Å²) < 4.78 is 5.03. The Bertz CT molecular complexity index is 536. The molecule has 2 aliphatic rings. The molecular formula is C21H37N3O4. The normalized spacial score (nSPS) is 24.5. The van der Waals surface area contributed by atoms with Crippen LogP contribution in [0.3, 0.4) is 0 Å². The Morgan fingerprint density at radius 2 is 1.64 bits per heavy atom. The van der Waals surface area contributed by atoms with Crippen LogP contribution in [-0.4, -0.2) is 54.6 Å². The minimum atomic E-state index is -0.519. The summed E-state index contributed by atoms with van der Waals surface area (Å²) in [7, 11) is 0. The van der Waals surface area contributed by atoms with E-state index in [1.54, 1.807) is 11.8 Å². The molecule has 2 fully saturated rings. The second kappa shape index (κ2) is 10.7. The van der Waals surface area contributed by atoms with E-state index in [9.17, 15) is 14.4 Å². The molecule has 1 unspecified atom stereocenters. The number of nitrogens with zero attached hydrogens (tertiary/aromatic N) is 1. The van der Waals surface area contributed by atoms with Gasteiger partial charge in [0.25, 0.3) is 0 Å². The van der Waals surface area contributed by atoms with Crippen LogP contribution in [0.1, 0.15) is 66.2 Å². The van der Waals surface area contributed by atoms with Gasteiger partial charge in [-0.05, 0) is 57.3 Å². The zero-order valence-corrected chi connectivity index (χ0v) is 17.8. The van der Waals surface area contributed by atoms with Gasteiger partial charge in [-0.2, -0.15) is 0 Å². The Balaban J connectivity index is 1.83. The van der Waals surface area contributed by atoms with Gasteiger partial charge in [0.15, 0.2) is 0 Å². The van der Waals surface area contributed by atoms with Crippen LogP contribution in [0.4, 0.5) is 4.79 Å². The average Bonchev–Trinajstić information content (AvgIpc) is 2.66. The van der Waals surface area contributed by atoms with Gasteiger partial charge in [0, 0.05) is 25.0 Å². The van der Waals surface area contributed by atoms with Gasteiger partial charge in [0.05, 0.1) is 6.61 Å². The molecule has 0 aromatic heterocycles. The lowest BCUT2D eigenvalue weighted by atomic mass is 9.82. The summed E-state index contributed by atoms with van der Waals surface area (Å²) in [5.74, 6) is 0.623. The highest BCUT2D eigenvalue weighted by Gasteiger charge is 2.32. The van der Waals surface area contributed by atoms with Crippen molar-refractivity contribution in [2.24, 2.45) is 17.8 Å². The van der Waals surface area contributed by atoms with Gasteiger partial charge in [-0.25, -0.2) is 4.79 Å². The molecule has 7 nitrogen and oxygen atoms in total. The topological polar surface area (TPSA) is 87.7 Å². The molecule has 160 valence electrons. The van der Waals surface area contributed by atoms with Crippen LogP contribution in [0.25, 0.3) is 0 Å². The fraction of sp³-hybridized carbons (Fsp3) is 0.857. The second-order valence-corrected chi connectivity index (χ2v) is 8.66. The third kappa shape index (κ3) is 6.38. The molecule has 0 bridgehead atoms. The van der Waals surface area contributed by atoms with Gasteiger partial charge >= 0.3 is 6.09 Å². The minimum Gasteiger partial charge on any atom is -0.450 e. The Kier molecular flexibility index (Phi) is 8.58. The lowest BCUT2D eigenvalue weighted by Gasteiger charge is -2.33. The molecular weight excluding hydrogens is 358 g/mol. The SMILES string of the molecule is CCOC(=O)N1CCC(NC(=O)C(NC(=O)C2CCC(C)CC2)C(C)C)CC1. The van der Waals surface area contributed by atoms with Gasteiger partial charge in [0.2, 0.25) is 11.8 Å². The highest BCUT2D eigenvalue weighted by Crippen LogP contribution is 2.28. The largest absolute Gasteiger partial charge is 0.450 e. The summed E-state index contributed by atoms with van der Waals surface area (Å²) >= 11 is 0. The maximum absolute atomic E-state index is 12.8. The second-order valence-electron chi connectivity index (χ2n) is 8.66. The molecule has 1 atom stereocenters. The van der Waals surface area contributed by atoms with E-state index in [1.165, 1.54) is 0 Å². The van der Waals surface area contributed by atoms with E-state index in [2.05, 4.69) is 17.6 Å². The molecule has 7 heteroatoms. The van der Waals surface area contributed by atoms with Crippen molar-refractivity contribution in [3.05, 3.63) is 0 Å². The lowest BCUT2D eigenvalue weighted by molar-refractivity contribution is -0.133. The number of likely N-dealkylation sites (tertiary alicyclic amines) is 1. The molecule has 0 radical (unpaired) electrons. The maximum atomic E-state index is 12.8. The number of hydrogen-bond acceptors (Lipinski definition) is 4. The molecule has 1 heterocycles. The van der Waals surface area contributed by atoms with Crippen LogP contribution < -0.4 is 10.6 Å². The van der Waals surface area contributed by atoms with Crippen LogP contribution in [0.15, 0.2) is 0 Å². The maximum Gasteiger partial charge on any atom is 0.409 e. The van der Waals surface area contributed by atoms with E-state index < -0.39 is 6.04 Å². The standard InChI is InChI=1S/C21H37N3O4/c1-5-28-21(27)24-12-10-17(11-13-24)22-20(26)18(14(2)3)23-19(25)16-8-6-15(4)7-9-16/h14-18H,5-13H2,1-4H3,(H,22,26)(H,23,25). The summed E-state index contributed by atoms with van der Waals surface area (Å²) in [5, 5.41) is 6.07. The van der Waals surface area contributed by atoms with Gasteiger partial charge in [-0.1, -0.05) is 20.8 Å². The Morgan fingerprint density at radius 3 is 2.18 bits per heavy atom. The lowest BCUT2D eigenvalue weighted by Crippen LogP contribution is -2.55. The van der Waals surface area contributed by atoms with Gasteiger partial charge in [0.1, 0.15) is 6.04 Å². The number of hydrogen-bond donors (Lipinski definition) is 2. The minimum absolute atomic E-state index is 0.0119. The predicted octanol–water partition coefficient (Wildman–Crippen LogP) is 2.69. The molecule has 0 aromatic carbocycles. The number of ether oxygens (including phenoxy) is 1. The highest BCUT2D eigenvalue weighted by atomic mass is 16.6. The van der Waals surface area contributed by atoms with Crippen molar-refractivity contribution in [1.82, 2.24) is 15.5 Å². The molecule has 28 heavy (non-hydrogen) atoms. The molecule has 1 saturated carbocycles. The fourth-order valence-corrected chi connectivity index (χ4v) is 4.04. The fourth-order valence-electron chi connectivity index (χ4n) is 4.04. The first kappa shape index (κ1) is 22.5. The van der Waals surface area contributed by atoms with E-state index in [-0.39, 0.29) is 35.8 Å². The van der Waals surface area contributed by atoms with Gasteiger partial charge < -0.3 is 20.3 Å². The van der Waals surface area contributed by atoms with Crippen LogP contribution in [0, 0.1) is 17.8 Å². The molecule has 1 saturated heterocycles. The quantitative estimate of drug-likeness (QED) is 0.724. The number of amides is 3. The first-order chi connectivity index (χ1) is 13.3. The van der Waals surface area contributed by atoms with Gasteiger partial charge in [-0.3, -0.25) is 9.59 Å². The van der Waals surface area contributed by atoms with Crippen LogP contribution >= 0.6 is 0 Å². The van der Waals surface area contributed by atoms with Crippen LogP contribution in [-0.2, 0) is 14.3 Å². The predicted molar refractivity (Wildman–Crippen MR) is 108 cm³/mol. The third-order valence-corrected chi connectivity index (χ3v) is 6.00. The molecule has 0 aromatic rings. The summed E-state index contributed by atoms with van der Waals surface area (Å²) in [6.07, 6.45) is 5.08. The number of carbonyl (C=O) groups is 3. The van der Waals surface area contributed by atoms with Crippen LogP contribution in [0.5, 0.6) is 0 Å². The molecule has 3 amide bonds. The third-order valence-electron chi connectivity index (χ3n) is 6.00. The number of rotatable bonds is 6. The Morgan fingerprint density at radius 1 is 1.04 bits per heavy atom. The van der Waals surface area contributed by atoms with Crippen molar-refractivity contribution >= 4 is 17.9 Å². The number of carbonyl (C=O) groups excluding carboxylic acids is 3. The molecule has 2 N–H and O–H groups in total. The molecule has 0 spiro atoms. The first-order valence-electron chi connectivity index (χ1n) is 10.8. The smallest absolute Gasteiger partial charge is 0.409 e. The summed E-state index contributed by atoms with van der Waals surface area (Å²) in [4.78, 5) is 38.9. The van der Waals surface area contributed by atoms with Crippen molar-refractivity contribution < 1.29 is 19.1 Å². The van der Waals surface area contributed by atoms with E-state index in [0.717, 1.165) is 25.7 Å². The number of piperidine rings is 1. The van der Waals surface area contributed by atoms with Crippen molar-refractivity contribution in [3.63, 3.8) is 0 Å². The van der Waals surface area contributed by atoms with E-state index in [1.807, 2.05) is 13.8 Å². The zero-order chi connectivity index (χ0) is 20.7. The Hall–Kier alpha value is -1.79. The molecule has 1 aliphatic heterocycles. The monoisotopic (exact) mass is 395 g/mol. The van der Waals surface area contributed by atoms with E-state index >= 15 is 0 Å². The van der Waals surface area contributed by atoms with Crippen molar-refractivity contribution in [3.8, 4) is 0 Å². The van der Waals surface area contributed by atoms with Crippen molar-refractivity contribution in [2.75, 3.05) is 19.7 Å².